The van der Waals surface area contributed by atoms with Gasteiger partial charge in [0.1, 0.15) is 0 Å². The summed E-state index contributed by atoms with van der Waals surface area (Å²) < 4.78 is 0. The molecule has 0 aliphatic heterocycles. The molecule has 1 N–H and O–H groups in total. The molecule has 0 radical (unpaired) electrons. The Labute approximate surface area is 70.1 Å². The van der Waals surface area contributed by atoms with Crippen LogP contribution in [0.1, 0.15) is 27.2 Å². The van der Waals surface area contributed by atoms with Crippen molar-refractivity contribution in [2.75, 3.05) is 13.6 Å². The van der Waals surface area contributed by atoms with E-state index in [0.29, 0.717) is 0 Å². The highest BCUT2D eigenvalue weighted by Crippen LogP contribution is 2.12. The standard InChI is InChI=1S/C9H20N2/c1-5-9(8(2)3)6-11-7-10-4/h7-9H,5-6H2,1-4H3,(H,10,11). The monoisotopic (exact) mass is 156 g/mol. The van der Waals surface area contributed by atoms with Gasteiger partial charge in [0.2, 0.25) is 0 Å². The lowest BCUT2D eigenvalue weighted by Gasteiger charge is -2.18. The summed E-state index contributed by atoms with van der Waals surface area (Å²) in [5.74, 6) is 1.53. The second-order valence-electron chi connectivity index (χ2n) is 3.21. The fourth-order valence-electron chi connectivity index (χ4n) is 1.15. The van der Waals surface area contributed by atoms with Crippen molar-refractivity contribution in [2.24, 2.45) is 16.8 Å². The summed E-state index contributed by atoms with van der Waals surface area (Å²) in [6.07, 6.45) is 3.01. The Hall–Kier alpha value is -0.530. The lowest BCUT2D eigenvalue weighted by molar-refractivity contribution is 0.371. The topological polar surface area (TPSA) is 24.4 Å². The van der Waals surface area contributed by atoms with Crippen molar-refractivity contribution >= 4 is 6.34 Å². The number of aliphatic imine (C=N–C) groups is 1. The first-order valence-corrected chi connectivity index (χ1v) is 4.36. The molecule has 0 saturated carbocycles. The quantitative estimate of drug-likeness (QED) is 0.477. The summed E-state index contributed by atoms with van der Waals surface area (Å²) in [7, 11) is 1.78. The van der Waals surface area contributed by atoms with Crippen LogP contribution >= 0.6 is 0 Å². The van der Waals surface area contributed by atoms with E-state index in [0.717, 1.165) is 18.4 Å². The van der Waals surface area contributed by atoms with Crippen molar-refractivity contribution in [1.82, 2.24) is 5.32 Å². The zero-order valence-corrected chi connectivity index (χ0v) is 8.09. The Morgan fingerprint density at radius 3 is 2.45 bits per heavy atom. The van der Waals surface area contributed by atoms with Gasteiger partial charge in [-0.05, 0) is 11.8 Å². The number of rotatable bonds is 5. The molecule has 2 heteroatoms. The van der Waals surface area contributed by atoms with Crippen LogP contribution in [0.2, 0.25) is 0 Å². The molecule has 0 spiro atoms. The predicted octanol–water partition coefficient (Wildman–Crippen LogP) is 1.92. The van der Waals surface area contributed by atoms with E-state index in [4.69, 9.17) is 0 Å². The Morgan fingerprint density at radius 1 is 1.45 bits per heavy atom. The summed E-state index contributed by atoms with van der Waals surface area (Å²) in [5, 5.41) is 3.18. The van der Waals surface area contributed by atoms with Crippen LogP contribution in [0.3, 0.4) is 0 Å². The molecule has 1 atom stereocenters. The van der Waals surface area contributed by atoms with E-state index in [1.807, 2.05) is 0 Å². The highest BCUT2D eigenvalue weighted by atomic mass is 14.9. The van der Waals surface area contributed by atoms with Crippen LogP contribution < -0.4 is 5.32 Å². The van der Waals surface area contributed by atoms with Crippen LogP contribution in [0.4, 0.5) is 0 Å². The van der Waals surface area contributed by atoms with Crippen molar-refractivity contribution in [3.8, 4) is 0 Å². The highest BCUT2D eigenvalue weighted by molar-refractivity contribution is 5.53. The van der Waals surface area contributed by atoms with Gasteiger partial charge in [-0.15, -0.1) is 0 Å². The van der Waals surface area contributed by atoms with Gasteiger partial charge < -0.3 is 5.32 Å². The molecule has 0 aromatic carbocycles. The molecule has 1 unspecified atom stereocenters. The maximum Gasteiger partial charge on any atom is 0.0820 e. The fourth-order valence-corrected chi connectivity index (χ4v) is 1.15. The van der Waals surface area contributed by atoms with E-state index in [1.165, 1.54) is 6.42 Å². The molecular weight excluding hydrogens is 136 g/mol. The predicted molar refractivity (Wildman–Crippen MR) is 51.0 cm³/mol. The number of nitrogens with zero attached hydrogens (tertiary/aromatic N) is 1. The van der Waals surface area contributed by atoms with Gasteiger partial charge in [-0.2, -0.15) is 0 Å². The normalized spacial score (nSPS) is 14.3. The highest BCUT2D eigenvalue weighted by Gasteiger charge is 2.08. The number of hydrogen-bond donors (Lipinski definition) is 1. The van der Waals surface area contributed by atoms with Crippen LogP contribution in [0, 0.1) is 11.8 Å². The van der Waals surface area contributed by atoms with E-state index < -0.39 is 0 Å². The molecule has 0 amide bonds. The summed E-state index contributed by atoms with van der Waals surface area (Å²) in [6.45, 7) is 7.80. The Kier molecular flexibility index (Phi) is 5.90. The third kappa shape index (κ3) is 4.82. The third-order valence-electron chi connectivity index (χ3n) is 2.07. The molecule has 66 valence electrons. The van der Waals surface area contributed by atoms with Crippen LogP contribution in [0.5, 0.6) is 0 Å². The molecule has 2 nitrogen and oxygen atoms in total. The molecule has 0 fully saturated rings. The molecule has 0 aliphatic rings. The van der Waals surface area contributed by atoms with Gasteiger partial charge in [-0.1, -0.05) is 27.2 Å². The van der Waals surface area contributed by atoms with Crippen molar-refractivity contribution in [2.45, 2.75) is 27.2 Å². The number of nitrogens with one attached hydrogen (secondary N) is 1. The van der Waals surface area contributed by atoms with E-state index in [1.54, 1.807) is 13.4 Å². The van der Waals surface area contributed by atoms with Crippen molar-refractivity contribution in [3.05, 3.63) is 0 Å². The molecule has 0 aliphatic carbocycles. The summed E-state index contributed by atoms with van der Waals surface area (Å²) >= 11 is 0. The van der Waals surface area contributed by atoms with E-state index in [2.05, 4.69) is 31.1 Å². The molecule has 11 heavy (non-hydrogen) atoms. The molecule has 0 aromatic heterocycles. The summed E-state index contributed by atoms with van der Waals surface area (Å²) in [4.78, 5) is 3.87. The zero-order chi connectivity index (χ0) is 8.69. The second-order valence-corrected chi connectivity index (χ2v) is 3.21. The first kappa shape index (κ1) is 10.5. The van der Waals surface area contributed by atoms with E-state index in [-0.39, 0.29) is 0 Å². The van der Waals surface area contributed by atoms with Crippen LogP contribution in [-0.4, -0.2) is 19.9 Å². The van der Waals surface area contributed by atoms with Crippen LogP contribution in [-0.2, 0) is 0 Å². The summed E-state index contributed by atoms with van der Waals surface area (Å²) in [6, 6.07) is 0. The van der Waals surface area contributed by atoms with E-state index in [9.17, 15) is 0 Å². The zero-order valence-electron chi connectivity index (χ0n) is 8.09. The van der Waals surface area contributed by atoms with Gasteiger partial charge in [0.15, 0.2) is 0 Å². The average molecular weight is 156 g/mol. The fraction of sp³-hybridized carbons (Fsp3) is 0.889. The van der Waals surface area contributed by atoms with Gasteiger partial charge in [0, 0.05) is 13.6 Å². The average Bonchev–Trinajstić information content (AvgIpc) is 1.97. The van der Waals surface area contributed by atoms with Crippen molar-refractivity contribution in [1.29, 1.82) is 0 Å². The minimum atomic E-state index is 0.762. The van der Waals surface area contributed by atoms with Gasteiger partial charge in [0.25, 0.3) is 0 Å². The van der Waals surface area contributed by atoms with Crippen molar-refractivity contribution in [3.63, 3.8) is 0 Å². The minimum Gasteiger partial charge on any atom is -0.376 e. The van der Waals surface area contributed by atoms with Crippen LogP contribution in [0.15, 0.2) is 4.99 Å². The minimum absolute atomic E-state index is 0.762. The summed E-state index contributed by atoms with van der Waals surface area (Å²) in [5.41, 5.74) is 0. The molecule has 0 saturated heterocycles. The Morgan fingerprint density at radius 2 is 2.09 bits per heavy atom. The van der Waals surface area contributed by atoms with Gasteiger partial charge in [0.05, 0.1) is 6.34 Å². The van der Waals surface area contributed by atoms with Gasteiger partial charge in [-0.3, -0.25) is 4.99 Å². The maximum absolute atomic E-state index is 3.87. The first-order valence-electron chi connectivity index (χ1n) is 4.36. The largest absolute Gasteiger partial charge is 0.376 e. The Bertz CT molecular complexity index is 108. The third-order valence-corrected chi connectivity index (χ3v) is 2.07. The van der Waals surface area contributed by atoms with Crippen LogP contribution in [0.25, 0.3) is 0 Å². The molecule has 0 bridgehead atoms. The number of hydrogen-bond acceptors (Lipinski definition) is 1. The lowest BCUT2D eigenvalue weighted by atomic mass is 9.93. The van der Waals surface area contributed by atoms with E-state index >= 15 is 0 Å². The first-order chi connectivity index (χ1) is 5.22. The molecule has 0 rings (SSSR count). The lowest BCUT2D eigenvalue weighted by Crippen LogP contribution is -2.24. The van der Waals surface area contributed by atoms with Crippen molar-refractivity contribution < 1.29 is 0 Å². The SMILES string of the molecule is CCC(CNC=NC)C(C)C. The molecular formula is C9H20N2. The second kappa shape index (κ2) is 6.20. The van der Waals surface area contributed by atoms with Gasteiger partial charge in [-0.25, -0.2) is 0 Å². The smallest absolute Gasteiger partial charge is 0.0820 e. The maximum atomic E-state index is 3.87. The van der Waals surface area contributed by atoms with Gasteiger partial charge >= 0.3 is 0 Å². The molecule has 0 aromatic rings. The molecule has 0 heterocycles. The Balaban J connectivity index is 3.52.